The summed E-state index contributed by atoms with van der Waals surface area (Å²) < 4.78 is 0. The van der Waals surface area contributed by atoms with Crippen molar-refractivity contribution >= 4 is 11.6 Å². The number of pyridine rings is 1. The number of piperazine rings is 1. The van der Waals surface area contributed by atoms with Crippen LogP contribution < -0.4 is 15.5 Å². The van der Waals surface area contributed by atoms with E-state index in [1.807, 2.05) is 12.1 Å². The number of nitrogens with two attached hydrogens (primary N) is 1. The van der Waals surface area contributed by atoms with Crippen LogP contribution in [0.1, 0.15) is 5.69 Å². The van der Waals surface area contributed by atoms with Crippen LogP contribution in [0, 0.1) is 0 Å². The smallest absolute Gasteiger partial charge is 0.225 e. The van der Waals surface area contributed by atoms with Gasteiger partial charge >= 0.3 is 0 Å². The summed E-state index contributed by atoms with van der Waals surface area (Å²) in [6.07, 6.45) is 5.35. The average molecular weight is 270 g/mol. The lowest BCUT2D eigenvalue weighted by molar-refractivity contribution is 0.636. The molecule has 0 atom stereocenters. The minimum Gasteiger partial charge on any atom is -0.366 e. The van der Waals surface area contributed by atoms with Crippen molar-refractivity contribution in [1.29, 1.82) is 0 Å². The Labute approximate surface area is 118 Å². The first-order valence-corrected chi connectivity index (χ1v) is 6.79. The van der Waals surface area contributed by atoms with E-state index in [-0.39, 0.29) is 0 Å². The molecule has 2 aromatic heterocycles. The van der Waals surface area contributed by atoms with Crippen LogP contribution in [0.4, 0.5) is 11.6 Å². The van der Waals surface area contributed by atoms with Gasteiger partial charge < -0.3 is 15.5 Å². The molecule has 0 radical (unpaired) electrons. The third-order valence-corrected chi connectivity index (χ3v) is 3.51. The zero-order valence-corrected chi connectivity index (χ0v) is 11.3. The summed E-state index contributed by atoms with van der Waals surface area (Å²) in [5.41, 5.74) is 7.85. The molecule has 1 saturated heterocycles. The number of hydrogen-bond acceptors (Lipinski definition) is 6. The molecule has 3 heterocycles. The molecule has 6 heteroatoms. The van der Waals surface area contributed by atoms with E-state index in [4.69, 9.17) is 5.73 Å². The van der Waals surface area contributed by atoms with Crippen molar-refractivity contribution in [2.24, 2.45) is 5.73 Å². The number of hydrogen-bond donors (Lipinski definition) is 1. The molecular formula is C14H18N6. The second-order valence-corrected chi connectivity index (χ2v) is 4.70. The van der Waals surface area contributed by atoms with Gasteiger partial charge in [0.15, 0.2) is 0 Å². The van der Waals surface area contributed by atoms with E-state index in [1.54, 1.807) is 18.6 Å². The molecule has 0 bridgehead atoms. The summed E-state index contributed by atoms with van der Waals surface area (Å²) in [6.45, 7) is 4.14. The summed E-state index contributed by atoms with van der Waals surface area (Å²) in [5, 5.41) is 0. The molecule has 20 heavy (non-hydrogen) atoms. The standard InChI is InChI=1S/C14H18N6/c15-11-12-13(3-1-4-16-12)19-7-9-20(10-8-19)14-17-5-2-6-18-14/h1-6H,7-11,15H2. The van der Waals surface area contributed by atoms with E-state index >= 15 is 0 Å². The highest BCUT2D eigenvalue weighted by Gasteiger charge is 2.20. The van der Waals surface area contributed by atoms with Gasteiger partial charge in [-0.15, -0.1) is 0 Å². The van der Waals surface area contributed by atoms with Crippen molar-refractivity contribution in [3.05, 3.63) is 42.5 Å². The predicted octanol–water partition coefficient (Wildman–Crippen LogP) is 0.657. The lowest BCUT2D eigenvalue weighted by Crippen LogP contribution is -2.47. The molecule has 104 valence electrons. The van der Waals surface area contributed by atoms with Crippen molar-refractivity contribution < 1.29 is 0 Å². The van der Waals surface area contributed by atoms with Gasteiger partial charge in [-0.25, -0.2) is 9.97 Å². The SMILES string of the molecule is NCc1ncccc1N1CCN(c2ncccn2)CC1. The van der Waals surface area contributed by atoms with Crippen LogP contribution in [0.5, 0.6) is 0 Å². The maximum Gasteiger partial charge on any atom is 0.225 e. The molecule has 2 aromatic rings. The second kappa shape index (κ2) is 5.83. The molecule has 6 nitrogen and oxygen atoms in total. The zero-order chi connectivity index (χ0) is 13.8. The van der Waals surface area contributed by atoms with Crippen molar-refractivity contribution in [3.63, 3.8) is 0 Å². The van der Waals surface area contributed by atoms with Crippen LogP contribution in [0.25, 0.3) is 0 Å². The van der Waals surface area contributed by atoms with Gasteiger partial charge in [0.25, 0.3) is 0 Å². The van der Waals surface area contributed by atoms with Crippen LogP contribution in [0.3, 0.4) is 0 Å². The highest BCUT2D eigenvalue weighted by Crippen LogP contribution is 2.20. The maximum atomic E-state index is 5.76. The summed E-state index contributed by atoms with van der Waals surface area (Å²) in [7, 11) is 0. The van der Waals surface area contributed by atoms with Gasteiger partial charge in [-0.3, -0.25) is 4.98 Å². The van der Waals surface area contributed by atoms with Crippen molar-refractivity contribution in [2.45, 2.75) is 6.54 Å². The molecule has 1 aliphatic heterocycles. The first-order valence-electron chi connectivity index (χ1n) is 6.79. The Morgan fingerprint density at radius 1 is 0.900 bits per heavy atom. The first kappa shape index (κ1) is 12.8. The van der Waals surface area contributed by atoms with Gasteiger partial charge in [0.05, 0.1) is 11.4 Å². The molecule has 0 spiro atoms. The lowest BCUT2D eigenvalue weighted by Gasteiger charge is -2.36. The molecule has 1 fully saturated rings. The highest BCUT2D eigenvalue weighted by atomic mass is 15.3. The minimum absolute atomic E-state index is 0.470. The molecule has 0 saturated carbocycles. The summed E-state index contributed by atoms with van der Waals surface area (Å²) in [4.78, 5) is 17.5. The maximum absolute atomic E-state index is 5.76. The third kappa shape index (κ3) is 2.55. The van der Waals surface area contributed by atoms with Crippen molar-refractivity contribution in [3.8, 4) is 0 Å². The normalized spacial score (nSPS) is 15.4. The van der Waals surface area contributed by atoms with Gasteiger partial charge in [-0.2, -0.15) is 0 Å². The van der Waals surface area contributed by atoms with Crippen LogP contribution in [-0.4, -0.2) is 41.1 Å². The molecule has 2 N–H and O–H groups in total. The zero-order valence-electron chi connectivity index (χ0n) is 11.3. The molecule has 0 unspecified atom stereocenters. The van der Waals surface area contributed by atoms with E-state index in [2.05, 4.69) is 30.8 Å². The summed E-state index contributed by atoms with van der Waals surface area (Å²) in [6, 6.07) is 5.88. The molecule has 0 amide bonds. The molecule has 0 aliphatic carbocycles. The molecular weight excluding hydrogens is 252 g/mol. The molecule has 3 rings (SSSR count). The van der Waals surface area contributed by atoms with E-state index < -0.39 is 0 Å². The Morgan fingerprint density at radius 2 is 1.55 bits per heavy atom. The molecule has 0 aromatic carbocycles. The first-order chi connectivity index (χ1) is 9.88. The Morgan fingerprint density at radius 3 is 2.25 bits per heavy atom. The average Bonchev–Trinajstić information content (AvgIpc) is 2.56. The Kier molecular flexibility index (Phi) is 3.73. The van der Waals surface area contributed by atoms with Crippen LogP contribution in [-0.2, 0) is 6.54 Å². The van der Waals surface area contributed by atoms with Gasteiger partial charge in [0.1, 0.15) is 0 Å². The van der Waals surface area contributed by atoms with E-state index in [0.717, 1.165) is 43.5 Å². The van der Waals surface area contributed by atoms with E-state index in [9.17, 15) is 0 Å². The van der Waals surface area contributed by atoms with E-state index in [0.29, 0.717) is 6.54 Å². The third-order valence-electron chi connectivity index (χ3n) is 3.51. The topological polar surface area (TPSA) is 71.2 Å². The fourth-order valence-electron chi connectivity index (χ4n) is 2.48. The van der Waals surface area contributed by atoms with Crippen LogP contribution in [0.2, 0.25) is 0 Å². The van der Waals surface area contributed by atoms with Crippen molar-refractivity contribution in [1.82, 2.24) is 15.0 Å². The van der Waals surface area contributed by atoms with E-state index in [1.165, 1.54) is 0 Å². The summed E-state index contributed by atoms with van der Waals surface area (Å²) >= 11 is 0. The van der Waals surface area contributed by atoms with Gasteiger partial charge in [0, 0.05) is 51.3 Å². The Balaban J connectivity index is 1.70. The van der Waals surface area contributed by atoms with Crippen molar-refractivity contribution in [2.75, 3.05) is 36.0 Å². The highest BCUT2D eigenvalue weighted by molar-refractivity contribution is 5.52. The van der Waals surface area contributed by atoms with Gasteiger partial charge in [-0.1, -0.05) is 0 Å². The lowest BCUT2D eigenvalue weighted by atomic mass is 10.2. The summed E-state index contributed by atoms with van der Waals surface area (Å²) in [5.74, 6) is 0.803. The monoisotopic (exact) mass is 270 g/mol. The van der Waals surface area contributed by atoms with Crippen LogP contribution >= 0.6 is 0 Å². The Bertz CT molecular complexity index is 551. The Hall–Kier alpha value is -2.21. The number of aromatic nitrogens is 3. The fourth-order valence-corrected chi connectivity index (χ4v) is 2.48. The largest absolute Gasteiger partial charge is 0.366 e. The number of anilines is 2. The quantitative estimate of drug-likeness (QED) is 0.883. The van der Waals surface area contributed by atoms with Gasteiger partial charge in [0.2, 0.25) is 5.95 Å². The molecule has 1 aliphatic rings. The number of nitrogens with zero attached hydrogens (tertiary/aromatic N) is 5. The fraction of sp³-hybridized carbons (Fsp3) is 0.357. The second-order valence-electron chi connectivity index (χ2n) is 4.70. The minimum atomic E-state index is 0.470. The van der Waals surface area contributed by atoms with Gasteiger partial charge in [-0.05, 0) is 18.2 Å². The van der Waals surface area contributed by atoms with Crippen LogP contribution in [0.15, 0.2) is 36.8 Å². The predicted molar refractivity (Wildman–Crippen MR) is 78.6 cm³/mol. The number of rotatable bonds is 3.